The van der Waals surface area contributed by atoms with Crippen molar-refractivity contribution in [1.29, 1.82) is 0 Å². The third-order valence-corrected chi connectivity index (χ3v) is 4.55. The summed E-state index contributed by atoms with van der Waals surface area (Å²) >= 11 is 0. The van der Waals surface area contributed by atoms with E-state index in [0.717, 1.165) is 19.5 Å². The van der Waals surface area contributed by atoms with E-state index >= 15 is 0 Å². The van der Waals surface area contributed by atoms with E-state index in [1.165, 1.54) is 32.9 Å². The predicted octanol–water partition coefficient (Wildman–Crippen LogP) is 4.32. The molecule has 0 unspecified atom stereocenters. The molecule has 2 aromatic carbocycles. The van der Waals surface area contributed by atoms with Gasteiger partial charge in [-0.1, -0.05) is 36.4 Å². The van der Waals surface area contributed by atoms with Crippen LogP contribution in [-0.4, -0.2) is 28.5 Å². The third kappa shape index (κ3) is 2.76. The molecule has 0 amide bonds. The summed E-state index contributed by atoms with van der Waals surface area (Å²) in [5, 5.41) is 2.67. The molecule has 4 rings (SSSR count). The van der Waals surface area contributed by atoms with Crippen LogP contribution < -0.4 is 0 Å². The van der Waals surface area contributed by atoms with Crippen LogP contribution in [0.4, 0.5) is 0 Å². The molecule has 0 atom stereocenters. The summed E-state index contributed by atoms with van der Waals surface area (Å²) in [5.74, 6) is 0. The number of likely N-dealkylation sites (N-methyl/N-ethyl adjacent to an activating group) is 1. The molecule has 0 radical (unpaired) electrons. The minimum atomic E-state index is 0.965. The van der Waals surface area contributed by atoms with Gasteiger partial charge in [0.15, 0.2) is 0 Å². The van der Waals surface area contributed by atoms with Gasteiger partial charge in [-0.05, 0) is 36.7 Å². The summed E-state index contributed by atoms with van der Waals surface area (Å²) < 4.78 is 0. The van der Waals surface area contributed by atoms with Gasteiger partial charge in [0.2, 0.25) is 0 Å². The minimum Gasteiger partial charge on any atom is -0.361 e. The first-order chi connectivity index (χ1) is 11.3. The van der Waals surface area contributed by atoms with Crippen LogP contribution in [0.15, 0.2) is 60.9 Å². The molecule has 0 saturated heterocycles. The van der Waals surface area contributed by atoms with Crippen LogP contribution in [-0.2, 0) is 13.0 Å². The predicted molar refractivity (Wildman–Crippen MR) is 96.6 cm³/mol. The fourth-order valence-electron chi connectivity index (χ4n) is 3.28. The second-order valence-electron chi connectivity index (χ2n) is 6.21. The normalized spacial score (nSPS) is 11.7. The molecule has 0 aliphatic heterocycles. The molecule has 2 heterocycles. The molecule has 0 bridgehead atoms. The highest BCUT2D eigenvalue weighted by Gasteiger charge is 2.08. The Morgan fingerprint density at radius 2 is 1.35 bits per heavy atom. The topological polar surface area (TPSA) is 34.8 Å². The first-order valence-electron chi connectivity index (χ1n) is 8.10. The highest BCUT2D eigenvalue weighted by Crippen LogP contribution is 2.20. The molecule has 3 nitrogen and oxygen atoms in total. The van der Waals surface area contributed by atoms with E-state index in [0.29, 0.717) is 0 Å². The zero-order valence-corrected chi connectivity index (χ0v) is 13.3. The van der Waals surface area contributed by atoms with Gasteiger partial charge < -0.3 is 14.9 Å². The zero-order valence-electron chi connectivity index (χ0n) is 13.3. The Bertz CT molecular complexity index is 932. The van der Waals surface area contributed by atoms with Crippen LogP contribution in [0.2, 0.25) is 0 Å². The number of hydrogen-bond donors (Lipinski definition) is 2. The maximum atomic E-state index is 3.36. The van der Waals surface area contributed by atoms with Crippen LogP contribution >= 0.6 is 0 Å². The number of nitrogens with one attached hydrogen (secondary N) is 2. The van der Waals surface area contributed by atoms with Crippen molar-refractivity contribution in [3.63, 3.8) is 0 Å². The van der Waals surface area contributed by atoms with Gasteiger partial charge >= 0.3 is 0 Å². The van der Waals surface area contributed by atoms with E-state index in [1.54, 1.807) is 0 Å². The van der Waals surface area contributed by atoms with Gasteiger partial charge in [-0.2, -0.15) is 0 Å². The second-order valence-corrected chi connectivity index (χ2v) is 6.21. The Balaban J connectivity index is 1.45. The van der Waals surface area contributed by atoms with E-state index in [-0.39, 0.29) is 0 Å². The van der Waals surface area contributed by atoms with Gasteiger partial charge in [-0.25, -0.2) is 0 Å². The lowest BCUT2D eigenvalue weighted by atomic mass is 10.1. The average Bonchev–Trinajstić information content (AvgIpc) is 3.18. The van der Waals surface area contributed by atoms with Crippen molar-refractivity contribution in [2.24, 2.45) is 0 Å². The van der Waals surface area contributed by atoms with E-state index in [9.17, 15) is 0 Å². The van der Waals surface area contributed by atoms with Crippen molar-refractivity contribution in [3.05, 3.63) is 72.1 Å². The number of aromatic nitrogens is 2. The quantitative estimate of drug-likeness (QED) is 0.565. The van der Waals surface area contributed by atoms with Gasteiger partial charge in [0, 0.05) is 47.3 Å². The molecule has 0 aliphatic carbocycles. The number of aromatic amines is 2. The summed E-state index contributed by atoms with van der Waals surface area (Å²) in [6.07, 6.45) is 5.33. The fraction of sp³-hybridized carbons (Fsp3) is 0.200. The highest BCUT2D eigenvalue weighted by molar-refractivity contribution is 5.83. The number of H-pyrrole nitrogens is 2. The number of para-hydroxylation sites is 2. The van der Waals surface area contributed by atoms with E-state index in [4.69, 9.17) is 0 Å². The number of fused-ring (bicyclic) bond motifs is 2. The van der Waals surface area contributed by atoms with Gasteiger partial charge in [-0.15, -0.1) is 0 Å². The van der Waals surface area contributed by atoms with E-state index < -0.39 is 0 Å². The molecule has 0 saturated carbocycles. The minimum absolute atomic E-state index is 0.965. The Hall–Kier alpha value is -2.52. The molecule has 0 fully saturated rings. The number of hydrogen-bond acceptors (Lipinski definition) is 1. The monoisotopic (exact) mass is 303 g/mol. The number of nitrogens with zero attached hydrogens (tertiary/aromatic N) is 1. The van der Waals surface area contributed by atoms with Crippen molar-refractivity contribution in [1.82, 2.24) is 14.9 Å². The number of rotatable bonds is 5. The van der Waals surface area contributed by atoms with Crippen LogP contribution in [0.1, 0.15) is 11.1 Å². The average molecular weight is 303 g/mol. The SMILES string of the molecule is CN(CCc1c[nH]c2ccccc12)Cc1c[nH]c2ccccc12. The molecule has 116 valence electrons. The van der Waals surface area contributed by atoms with Gasteiger partial charge in [0.05, 0.1) is 0 Å². The molecule has 0 spiro atoms. The molecule has 2 aromatic heterocycles. The van der Waals surface area contributed by atoms with Crippen molar-refractivity contribution in [2.75, 3.05) is 13.6 Å². The van der Waals surface area contributed by atoms with Crippen LogP contribution in [0.25, 0.3) is 21.8 Å². The fourth-order valence-corrected chi connectivity index (χ4v) is 3.28. The van der Waals surface area contributed by atoms with Crippen molar-refractivity contribution < 1.29 is 0 Å². The first-order valence-corrected chi connectivity index (χ1v) is 8.10. The third-order valence-electron chi connectivity index (χ3n) is 4.55. The molecule has 4 aromatic rings. The summed E-state index contributed by atoms with van der Waals surface area (Å²) in [4.78, 5) is 9.10. The lowest BCUT2D eigenvalue weighted by molar-refractivity contribution is 0.333. The summed E-state index contributed by atoms with van der Waals surface area (Å²) in [7, 11) is 2.19. The summed E-state index contributed by atoms with van der Waals surface area (Å²) in [5.41, 5.74) is 5.20. The Kier molecular flexibility index (Phi) is 3.64. The van der Waals surface area contributed by atoms with Gasteiger partial charge in [-0.3, -0.25) is 0 Å². The smallest absolute Gasteiger partial charge is 0.0457 e. The standard InChI is InChI=1S/C20H21N3/c1-23(14-16-13-22-20-9-5-3-7-18(16)20)11-10-15-12-21-19-8-4-2-6-17(15)19/h2-9,12-13,21-22H,10-11,14H2,1H3. The Morgan fingerprint density at radius 3 is 2.04 bits per heavy atom. The first kappa shape index (κ1) is 14.1. The van der Waals surface area contributed by atoms with Crippen molar-refractivity contribution in [3.8, 4) is 0 Å². The summed E-state index contributed by atoms with van der Waals surface area (Å²) in [6.45, 7) is 2.01. The van der Waals surface area contributed by atoms with E-state index in [1.807, 2.05) is 0 Å². The lowest BCUT2D eigenvalue weighted by Gasteiger charge is -2.16. The highest BCUT2D eigenvalue weighted by atomic mass is 15.1. The molecule has 2 N–H and O–H groups in total. The van der Waals surface area contributed by atoms with Crippen molar-refractivity contribution in [2.45, 2.75) is 13.0 Å². The zero-order chi connectivity index (χ0) is 15.6. The second kappa shape index (κ2) is 5.94. The van der Waals surface area contributed by atoms with Crippen LogP contribution in [0.3, 0.4) is 0 Å². The van der Waals surface area contributed by atoms with E-state index in [2.05, 4.69) is 82.8 Å². The maximum absolute atomic E-state index is 3.36. The largest absolute Gasteiger partial charge is 0.361 e. The maximum Gasteiger partial charge on any atom is 0.0457 e. The van der Waals surface area contributed by atoms with Crippen molar-refractivity contribution >= 4 is 21.8 Å². The molecule has 23 heavy (non-hydrogen) atoms. The summed E-state index contributed by atoms with van der Waals surface area (Å²) in [6, 6.07) is 17.0. The van der Waals surface area contributed by atoms with Crippen LogP contribution in [0.5, 0.6) is 0 Å². The molecule has 0 aliphatic rings. The van der Waals surface area contributed by atoms with Crippen LogP contribution in [0, 0.1) is 0 Å². The lowest BCUT2D eigenvalue weighted by Crippen LogP contribution is -2.20. The molecular weight excluding hydrogens is 282 g/mol. The molecule has 3 heteroatoms. The Morgan fingerprint density at radius 1 is 0.783 bits per heavy atom. The van der Waals surface area contributed by atoms with Gasteiger partial charge in [0.1, 0.15) is 0 Å². The Labute approximate surface area is 135 Å². The molecular formula is C20H21N3. The van der Waals surface area contributed by atoms with Gasteiger partial charge in [0.25, 0.3) is 0 Å². The number of benzene rings is 2.